The molecular formula is C30H41N7O3. The monoisotopic (exact) mass is 547 g/mol. The van der Waals surface area contributed by atoms with Gasteiger partial charge in [0.25, 0.3) is 5.91 Å². The highest BCUT2D eigenvalue weighted by Gasteiger charge is 2.41. The second kappa shape index (κ2) is 11.1. The van der Waals surface area contributed by atoms with Gasteiger partial charge in [0, 0.05) is 56.9 Å². The molecule has 2 N–H and O–H groups in total. The summed E-state index contributed by atoms with van der Waals surface area (Å²) in [6, 6.07) is 5.97. The molecule has 5 rings (SSSR count). The zero-order valence-electron chi connectivity index (χ0n) is 24.3. The molecule has 3 aliphatic rings. The number of carbonyl (C=O) groups is 3. The quantitative estimate of drug-likeness (QED) is 0.582. The number of fused-ring (bicyclic) bond motifs is 1. The predicted octanol–water partition coefficient (Wildman–Crippen LogP) is 4.02. The lowest BCUT2D eigenvalue weighted by atomic mass is 9.91. The number of aryl methyl sites for hydroxylation is 1. The molecule has 3 heterocycles. The summed E-state index contributed by atoms with van der Waals surface area (Å²) in [5.41, 5.74) is 2.50. The van der Waals surface area contributed by atoms with E-state index in [2.05, 4.69) is 20.5 Å². The SMILES string of the molecule is CC(=O)N1CCC(NC(=O)c2ccc(Nc3ncc4c(n3)N(C3CCCC3)CC(C)(C)C(=O)N4C)c(C)c2)CC1. The summed E-state index contributed by atoms with van der Waals surface area (Å²) >= 11 is 0. The number of nitrogens with zero attached hydrogens (tertiary/aromatic N) is 5. The molecule has 10 heteroatoms. The molecule has 0 spiro atoms. The number of aromatic nitrogens is 2. The Balaban J connectivity index is 1.33. The summed E-state index contributed by atoms with van der Waals surface area (Å²) in [4.78, 5) is 53.1. The van der Waals surface area contributed by atoms with E-state index in [1.54, 1.807) is 31.1 Å². The lowest BCUT2D eigenvalue weighted by molar-refractivity contribution is -0.130. The Morgan fingerprint density at radius 1 is 1.07 bits per heavy atom. The zero-order chi connectivity index (χ0) is 28.6. The fourth-order valence-electron chi connectivity index (χ4n) is 6.20. The van der Waals surface area contributed by atoms with Crippen molar-refractivity contribution in [3.63, 3.8) is 0 Å². The third-order valence-electron chi connectivity index (χ3n) is 8.61. The second-order valence-electron chi connectivity index (χ2n) is 12.1. The van der Waals surface area contributed by atoms with Crippen LogP contribution in [0.2, 0.25) is 0 Å². The Labute approximate surface area is 236 Å². The highest BCUT2D eigenvalue weighted by atomic mass is 16.2. The lowest BCUT2D eigenvalue weighted by Crippen LogP contribution is -2.46. The number of anilines is 4. The van der Waals surface area contributed by atoms with Crippen molar-refractivity contribution in [2.75, 3.05) is 41.8 Å². The molecule has 1 aromatic carbocycles. The Morgan fingerprint density at radius 2 is 1.77 bits per heavy atom. The molecule has 1 aromatic heterocycles. The number of benzene rings is 1. The Bertz CT molecular complexity index is 1300. The van der Waals surface area contributed by atoms with Crippen molar-refractivity contribution in [2.24, 2.45) is 5.41 Å². The van der Waals surface area contributed by atoms with Crippen molar-refractivity contribution < 1.29 is 14.4 Å². The molecule has 2 aromatic rings. The highest BCUT2D eigenvalue weighted by molar-refractivity contribution is 6.01. The summed E-state index contributed by atoms with van der Waals surface area (Å²) in [5, 5.41) is 6.46. The molecule has 1 saturated carbocycles. The molecule has 2 aliphatic heterocycles. The third kappa shape index (κ3) is 5.62. The molecule has 0 atom stereocenters. The van der Waals surface area contributed by atoms with E-state index in [0.717, 1.165) is 48.4 Å². The van der Waals surface area contributed by atoms with Crippen molar-refractivity contribution in [2.45, 2.75) is 78.3 Å². The number of hydrogen-bond acceptors (Lipinski definition) is 7. The number of nitrogens with one attached hydrogen (secondary N) is 2. The van der Waals surface area contributed by atoms with Crippen molar-refractivity contribution in [3.05, 3.63) is 35.5 Å². The molecule has 214 valence electrons. The molecule has 1 saturated heterocycles. The van der Waals surface area contributed by atoms with Gasteiger partial charge in [0.2, 0.25) is 17.8 Å². The molecule has 1 aliphatic carbocycles. The van der Waals surface area contributed by atoms with Crippen LogP contribution in [-0.4, -0.2) is 71.4 Å². The van der Waals surface area contributed by atoms with E-state index in [1.165, 1.54) is 12.8 Å². The molecule has 0 unspecified atom stereocenters. The molecule has 3 amide bonds. The van der Waals surface area contributed by atoms with E-state index >= 15 is 0 Å². The summed E-state index contributed by atoms with van der Waals surface area (Å²) in [6.45, 7) is 9.49. The van der Waals surface area contributed by atoms with Crippen LogP contribution in [0.15, 0.2) is 24.4 Å². The topological polar surface area (TPSA) is 111 Å². The molecule has 0 radical (unpaired) electrons. The van der Waals surface area contributed by atoms with Gasteiger partial charge < -0.3 is 25.3 Å². The van der Waals surface area contributed by atoms with Crippen LogP contribution in [0.4, 0.5) is 23.1 Å². The largest absolute Gasteiger partial charge is 0.351 e. The van der Waals surface area contributed by atoms with Gasteiger partial charge in [-0.25, -0.2) is 4.98 Å². The zero-order valence-corrected chi connectivity index (χ0v) is 24.3. The molecular weight excluding hydrogens is 506 g/mol. The van der Waals surface area contributed by atoms with Crippen LogP contribution in [0.5, 0.6) is 0 Å². The van der Waals surface area contributed by atoms with Crippen molar-refractivity contribution >= 4 is 40.9 Å². The fourth-order valence-corrected chi connectivity index (χ4v) is 6.20. The van der Waals surface area contributed by atoms with Gasteiger partial charge in [-0.1, -0.05) is 12.8 Å². The first-order valence-electron chi connectivity index (χ1n) is 14.4. The number of likely N-dealkylation sites (tertiary alicyclic amines) is 1. The van der Waals surface area contributed by atoms with Crippen LogP contribution >= 0.6 is 0 Å². The molecule has 0 bridgehead atoms. The average molecular weight is 548 g/mol. The van der Waals surface area contributed by atoms with Crippen LogP contribution < -0.4 is 20.4 Å². The second-order valence-corrected chi connectivity index (χ2v) is 12.1. The van der Waals surface area contributed by atoms with E-state index in [1.807, 2.05) is 37.8 Å². The standard InChI is InChI=1S/C30H41N7O3/c1-19-16-21(27(39)32-22-12-14-36(15-13-22)20(2)38)10-11-24(19)33-29-31-17-25-26(34-29)37(23-8-6-7-9-23)18-30(3,4)28(40)35(25)5/h10-11,16-17,22-23H,6-9,12-15,18H2,1-5H3,(H,32,39)(H,31,33,34). The lowest BCUT2D eigenvalue weighted by Gasteiger charge is -2.34. The first-order valence-corrected chi connectivity index (χ1v) is 14.4. The van der Waals surface area contributed by atoms with E-state index < -0.39 is 5.41 Å². The normalized spacial score (nSPS) is 19.8. The summed E-state index contributed by atoms with van der Waals surface area (Å²) in [5.74, 6) is 1.28. The van der Waals surface area contributed by atoms with Gasteiger partial charge in [-0.05, 0) is 70.2 Å². The predicted molar refractivity (Wildman–Crippen MR) is 156 cm³/mol. The first-order chi connectivity index (χ1) is 19.0. The van der Waals surface area contributed by atoms with Crippen LogP contribution in [0.3, 0.4) is 0 Å². The van der Waals surface area contributed by atoms with Gasteiger partial charge in [0.05, 0.1) is 11.6 Å². The minimum absolute atomic E-state index is 0.0620. The van der Waals surface area contributed by atoms with Gasteiger partial charge in [0.1, 0.15) is 5.69 Å². The minimum Gasteiger partial charge on any atom is -0.351 e. The third-order valence-corrected chi connectivity index (χ3v) is 8.61. The van der Waals surface area contributed by atoms with Gasteiger partial charge >= 0.3 is 0 Å². The number of hydrogen-bond donors (Lipinski definition) is 2. The maximum Gasteiger partial charge on any atom is 0.251 e. The van der Waals surface area contributed by atoms with Crippen LogP contribution in [0.25, 0.3) is 0 Å². The Kier molecular flexibility index (Phi) is 7.70. The fraction of sp³-hybridized carbons (Fsp3) is 0.567. The van der Waals surface area contributed by atoms with E-state index in [0.29, 0.717) is 37.2 Å². The Hall–Kier alpha value is -3.69. The number of rotatable bonds is 5. The van der Waals surface area contributed by atoms with Gasteiger partial charge in [-0.15, -0.1) is 0 Å². The molecule has 10 nitrogen and oxygen atoms in total. The van der Waals surface area contributed by atoms with Crippen molar-refractivity contribution in [3.8, 4) is 0 Å². The maximum atomic E-state index is 13.2. The van der Waals surface area contributed by atoms with Crippen LogP contribution in [0, 0.1) is 12.3 Å². The number of carbonyl (C=O) groups excluding carboxylic acids is 3. The summed E-state index contributed by atoms with van der Waals surface area (Å²) < 4.78 is 0. The van der Waals surface area contributed by atoms with Crippen LogP contribution in [0.1, 0.15) is 75.2 Å². The van der Waals surface area contributed by atoms with Crippen molar-refractivity contribution in [1.82, 2.24) is 20.2 Å². The van der Waals surface area contributed by atoms with E-state index in [4.69, 9.17) is 4.98 Å². The van der Waals surface area contributed by atoms with Crippen molar-refractivity contribution in [1.29, 1.82) is 0 Å². The van der Waals surface area contributed by atoms with Crippen LogP contribution in [-0.2, 0) is 9.59 Å². The molecule has 40 heavy (non-hydrogen) atoms. The highest BCUT2D eigenvalue weighted by Crippen LogP contribution is 2.40. The van der Waals surface area contributed by atoms with Gasteiger partial charge in [-0.2, -0.15) is 4.98 Å². The minimum atomic E-state index is -0.539. The van der Waals surface area contributed by atoms with E-state index in [9.17, 15) is 14.4 Å². The average Bonchev–Trinajstić information content (AvgIpc) is 3.45. The van der Waals surface area contributed by atoms with Gasteiger partial charge in [0.15, 0.2) is 5.82 Å². The Morgan fingerprint density at radius 3 is 2.42 bits per heavy atom. The summed E-state index contributed by atoms with van der Waals surface area (Å²) in [7, 11) is 1.80. The van der Waals surface area contributed by atoms with Gasteiger partial charge in [-0.3, -0.25) is 14.4 Å². The smallest absolute Gasteiger partial charge is 0.251 e. The molecule has 2 fully saturated rings. The number of amides is 3. The van der Waals surface area contributed by atoms with E-state index in [-0.39, 0.29) is 23.8 Å². The number of piperidine rings is 1. The maximum absolute atomic E-state index is 13.2. The summed E-state index contributed by atoms with van der Waals surface area (Å²) in [6.07, 6.45) is 7.82. The first kappa shape index (κ1) is 27.9.